The van der Waals surface area contributed by atoms with Gasteiger partial charge < -0.3 is 14.8 Å². The average molecular weight is 283 g/mol. The van der Waals surface area contributed by atoms with Gasteiger partial charge in [-0.25, -0.2) is 0 Å². The Hall–Kier alpha value is -0.120. The molecule has 0 radical (unpaired) electrons. The fourth-order valence-electron chi connectivity index (χ4n) is 4.20. The van der Waals surface area contributed by atoms with Crippen LogP contribution in [0.5, 0.6) is 0 Å². The van der Waals surface area contributed by atoms with Crippen molar-refractivity contribution < 1.29 is 9.47 Å². The van der Waals surface area contributed by atoms with Crippen LogP contribution < -0.4 is 5.32 Å². The molecule has 2 aliphatic rings. The largest absolute Gasteiger partial charge is 0.378 e. The van der Waals surface area contributed by atoms with E-state index in [-0.39, 0.29) is 5.60 Å². The molecule has 0 aliphatic carbocycles. The zero-order chi connectivity index (χ0) is 14.4. The fraction of sp³-hybridized carbons (Fsp3) is 1.00. The molecule has 0 bridgehead atoms. The van der Waals surface area contributed by atoms with Crippen molar-refractivity contribution in [1.82, 2.24) is 5.32 Å². The second-order valence-electron chi connectivity index (χ2n) is 6.71. The quantitative estimate of drug-likeness (QED) is 0.777. The number of hydrogen-bond donors (Lipinski definition) is 1. The molecule has 2 rings (SSSR count). The molecule has 20 heavy (non-hydrogen) atoms. The van der Waals surface area contributed by atoms with E-state index in [1.54, 1.807) is 0 Å². The van der Waals surface area contributed by atoms with Gasteiger partial charge in [0.1, 0.15) is 0 Å². The Morgan fingerprint density at radius 3 is 2.75 bits per heavy atom. The molecule has 0 aromatic carbocycles. The molecule has 0 aromatic rings. The second-order valence-corrected chi connectivity index (χ2v) is 6.71. The Kier molecular flexibility index (Phi) is 6.31. The van der Waals surface area contributed by atoms with E-state index in [4.69, 9.17) is 9.47 Å². The third-order valence-electron chi connectivity index (χ3n) is 5.40. The molecule has 2 fully saturated rings. The zero-order valence-corrected chi connectivity index (χ0v) is 13.6. The highest BCUT2D eigenvalue weighted by atomic mass is 16.6. The highest BCUT2D eigenvalue weighted by molar-refractivity contribution is 4.95. The van der Waals surface area contributed by atoms with Gasteiger partial charge >= 0.3 is 0 Å². The van der Waals surface area contributed by atoms with Gasteiger partial charge in [0.2, 0.25) is 0 Å². The molecule has 3 nitrogen and oxygen atoms in total. The summed E-state index contributed by atoms with van der Waals surface area (Å²) in [5.41, 5.74) is 0.0427. The van der Waals surface area contributed by atoms with Gasteiger partial charge in [-0.15, -0.1) is 0 Å². The maximum atomic E-state index is 6.09. The summed E-state index contributed by atoms with van der Waals surface area (Å²) in [4.78, 5) is 0. The Bertz CT molecular complexity index is 276. The van der Waals surface area contributed by atoms with Crippen molar-refractivity contribution in [2.75, 3.05) is 26.9 Å². The van der Waals surface area contributed by atoms with Crippen molar-refractivity contribution in [1.29, 1.82) is 0 Å². The summed E-state index contributed by atoms with van der Waals surface area (Å²) in [7, 11) is 2.15. The summed E-state index contributed by atoms with van der Waals surface area (Å²) in [5, 5.41) is 3.64. The predicted molar refractivity (Wildman–Crippen MR) is 83.0 cm³/mol. The second kappa shape index (κ2) is 7.77. The monoisotopic (exact) mass is 283 g/mol. The molecule has 2 heterocycles. The van der Waals surface area contributed by atoms with Crippen LogP contribution in [0.1, 0.15) is 58.8 Å². The van der Waals surface area contributed by atoms with Crippen molar-refractivity contribution in [3.05, 3.63) is 0 Å². The summed E-state index contributed by atoms with van der Waals surface area (Å²) in [6, 6.07) is 0.646. The van der Waals surface area contributed by atoms with Gasteiger partial charge in [-0.1, -0.05) is 33.1 Å². The smallest absolute Gasteiger partial charge is 0.0939 e. The Morgan fingerprint density at radius 1 is 1.30 bits per heavy atom. The summed E-state index contributed by atoms with van der Waals surface area (Å²) in [6.45, 7) is 7.24. The molecular weight excluding hydrogens is 250 g/mol. The van der Waals surface area contributed by atoms with Crippen LogP contribution in [0.2, 0.25) is 0 Å². The maximum absolute atomic E-state index is 6.09. The van der Waals surface area contributed by atoms with E-state index in [0.29, 0.717) is 6.04 Å². The van der Waals surface area contributed by atoms with E-state index in [2.05, 4.69) is 26.2 Å². The Morgan fingerprint density at radius 2 is 2.15 bits per heavy atom. The lowest BCUT2D eigenvalue weighted by atomic mass is 9.75. The van der Waals surface area contributed by atoms with Gasteiger partial charge in [-0.3, -0.25) is 0 Å². The number of rotatable bonds is 7. The van der Waals surface area contributed by atoms with Gasteiger partial charge in [0.25, 0.3) is 0 Å². The van der Waals surface area contributed by atoms with Gasteiger partial charge in [-0.2, -0.15) is 0 Å². The number of ether oxygens (including phenoxy) is 2. The first-order valence-corrected chi connectivity index (χ1v) is 8.63. The first kappa shape index (κ1) is 16.3. The normalized spacial score (nSPS) is 33.5. The van der Waals surface area contributed by atoms with Crippen molar-refractivity contribution in [3.8, 4) is 0 Å². The first-order valence-electron chi connectivity index (χ1n) is 8.63. The minimum Gasteiger partial charge on any atom is -0.378 e. The topological polar surface area (TPSA) is 30.5 Å². The van der Waals surface area contributed by atoms with Gasteiger partial charge in [0, 0.05) is 25.7 Å². The molecule has 0 aromatic heterocycles. The Labute approximate surface area is 124 Å². The number of unbranched alkanes of at least 4 members (excludes halogenated alkanes) is 1. The van der Waals surface area contributed by atoms with Crippen LogP contribution in [0.4, 0.5) is 0 Å². The van der Waals surface area contributed by atoms with Crippen LogP contribution in [0.25, 0.3) is 0 Å². The molecule has 1 spiro atoms. The van der Waals surface area contributed by atoms with Crippen LogP contribution >= 0.6 is 0 Å². The highest BCUT2D eigenvalue weighted by Gasteiger charge is 2.43. The molecular formula is C17H33NO2. The zero-order valence-electron chi connectivity index (χ0n) is 13.6. The standard InChI is InChI=1S/C17H33NO2/c1-4-6-7-14(5-2)16(18-3)15-8-10-20-17(12-15)9-11-19-13-17/h14-16,18H,4-13H2,1-3H3. The number of nitrogens with one attached hydrogen (secondary N) is 1. The van der Waals surface area contributed by atoms with Crippen LogP contribution in [0, 0.1) is 11.8 Å². The van der Waals surface area contributed by atoms with E-state index in [1.807, 2.05) is 0 Å². The lowest BCUT2D eigenvalue weighted by Crippen LogP contribution is -2.49. The molecule has 0 amide bonds. The molecule has 4 unspecified atom stereocenters. The molecule has 0 saturated carbocycles. The van der Waals surface area contributed by atoms with Crippen molar-refractivity contribution in [2.24, 2.45) is 11.8 Å². The Balaban J connectivity index is 1.98. The summed E-state index contributed by atoms with van der Waals surface area (Å²) >= 11 is 0. The fourth-order valence-corrected chi connectivity index (χ4v) is 4.20. The van der Waals surface area contributed by atoms with E-state index >= 15 is 0 Å². The summed E-state index contributed by atoms with van der Waals surface area (Å²) < 4.78 is 11.7. The van der Waals surface area contributed by atoms with E-state index < -0.39 is 0 Å². The third kappa shape index (κ3) is 3.75. The van der Waals surface area contributed by atoms with Gasteiger partial charge in [0.15, 0.2) is 0 Å². The van der Waals surface area contributed by atoms with Crippen LogP contribution in [-0.4, -0.2) is 38.5 Å². The van der Waals surface area contributed by atoms with Crippen LogP contribution in [-0.2, 0) is 9.47 Å². The summed E-state index contributed by atoms with van der Waals surface area (Å²) in [5.74, 6) is 1.56. The summed E-state index contributed by atoms with van der Waals surface area (Å²) in [6.07, 6.45) is 8.78. The molecule has 2 aliphatic heterocycles. The third-order valence-corrected chi connectivity index (χ3v) is 5.40. The van der Waals surface area contributed by atoms with Crippen molar-refractivity contribution in [2.45, 2.75) is 70.4 Å². The SMILES string of the molecule is CCCCC(CC)C(NC)C1CCOC2(CCOC2)C1. The van der Waals surface area contributed by atoms with E-state index in [1.165, 1.54) is 38.5 Å². The molecule has 1 N–H and O–H groups in total. The van der Waals surface area contributed by atoms with E-state index in [0.717, 1.165) is 38.1 Å². The predicted octanol–water partition coefficient (Wildman–Crippen LogP) is 3.38. The number of hydrogen-bond acceptors (Lipinski definition) is 3. The van der Waals surface area contributed by atoms with Crippen molar-refractivity contribution in [3.63, 3.8) is 0 Å². The lowest BCUT2D eigenvalue weighted by Gasteiger charge is -2.42. The molecule has 118 valence electrons. The first-order chi connectivity index (χ1) is 9.74. The minimum atomic E-state index is 0.0427. The van der Waals surface area contributed by atoms with E-state index in [9.17, 15) is 0 Å². The van der Waals surface area contributed by atoms with Crippen molar-refractivity contribution >= 4 is 0 Å². The van der Waals surface area contributed by atoms with Gasteiger partial charge in [-0.05, 0) is 38.1 Å². The lowest BCUT2D eigenvalue weighted by molar-refractivity contribution is -0.105. The average Bonchev–Trinajstić information content (AvgIpc) is 2.91. The van der Waals surface area contributed by atoms with Crippen LogP contribution in [0.15, 0.2) is 0 Å². The van der Waals surface area contributed by atoms with Crippen LogP contribution in [0.3, 0.4) is 0 Å². The molecule has 2 saturated heterocycles. The minimum absolute atomic E-state index is 0.0427. The molecule has 4 atom stereocenters. The van der Waals surface area contributed by atoms with Gasteiger partial charge in [0.05, 0.1) is 12.2 Å². The maximum Gasteiger partial charge on any atom is 0.0939 e. The molecule has 3 heteroatoms. The highest BCUT2D eigenvalue weighted by Crippen LogP contribution is 2.39.